The van der Waals surface area contributed by atoms with Crippen molar-refractivity contribution >= 4 is 17.6 Å². The van der Waals surface area contributed by atoms with Crippen LogP contribution in [0.3, 0.4) is 0 Å². The Balaban J connectivity index is 3.16. The molecule has 0 aliphatic carbocycles. The third-order valence-corrected chi connectivity index (χ3v) is 2.00. The molecule has 1 aromatic rings. The standard InChI is InChI=1S/C10H12N2O4/c1-15-9(13)6-3-4-7(10(14)16-2)8(5-6)12-11/h3-5,12H,11H2,1-2H3. The van der Waals surface area contributed by atoms with E-state index < -0.39 is 11.9 Å². The van der Waals surface area contributed by atoms with Crippen molar-refractivity contribution in [1.29, 1.82) is 0 Å². The second kappa shape index (κ2) is 5.13. The number of carbonyl (C=O) groups excluding carboxylic acids is 2. The number of rotatable bonds is 3. The van der Waals surface area contributed by atoms with Crippen LogP contribution in [-0.4, -0.2) is 26.2 Å². The van der Waals surface area contributed by atoms with Crippen LogP contribution >= 0.6 is 0 Å². The number of hydrogen-bond donors (Lipinski definition) is 2. The Labute approximate surface area is 92.3 Å². The van der Waals surface area contributed by atoms with Crippen molar-refractivity contribution < 1.29 is 19.1 Å². The Bertz CT molecular complexity index is 417. The van der Waals surface area contributed by atoms with Crippen LogP contribution in [0, 0.1) is 0 Å². The van der Waals surface area contributed by atoms with Crippen LogP contribution in [0.1, 0.15) is 20.7 Å². The molecule has 0 atom stereocenters. The van der Waals surface area contributed by atoms with Gasteiger partial charge in [0.25, 0.3) is 0 Å². The van der Waals surface area contributed by atoms with Crippen molar-refractivity contribution in [2.75, 3.05) is 19.6 Å². The smallest absolute Gasteiger partial charge is 0.340 e. The van der Waals surface area contributed by atoms with E-state index in [0.29, 0.717) is 11.3 Å². The number of nitrogen functional groups attached to an aromatic ring is 1. The van der Waals surface area contributed by atoms with Gasteiger partial charge in [-0.2, -0.15) is 0 Å². The first-order valence-electron chi connectivity index (χ1n) is 4.41. The van der Waals surface area contributed by atoms with E-state index in [1.165, 1.54) is 32.4 Å². The molecule has 6 nitrogen and oxygen atoms in total. The summed E-state index contributed by atoms with van der Waals surface area (Å²) in [4.78, 5) is 22.5. The zero-order valence-electron chi connectivity index (χ0n) is 8.94. The average molecular weight is 224 g/mol. The minimum Gasteiger partial charge on any atom is -0.465 e. The molecule has 0 unspecified atom stereocenters. The quantitative estimate of drug-likeness (QED) is 0.442. The Morgan fingerprint density at radius 1 is 1.19 bits per heavy atom. The normalized spacial score (nSPS) is 9.44. The topological polar surface area (TPSA) is 90.7 Å². The van der Waals surface area contributed by atoms with Crippen molar-refractivity contribution in [2.45, 2.75) is 0 Å². The lowest BCUT2D eigenvalue weighted by Crippen LogP contribution is -2.14. The molecule has 6 heteroatoms. The van der Waals surface area contributed by atoms with Gasteiger partial charge in [-0.3, -0.25) is 5.84 Å². The molecule has 0 saturated heterocycles. The maximum Gasteiger partial charge on any atom is 0.340 e. The summed E-state index contributed by atoms with van der Waals surface area (Å²) < 4.78 is 9.09. The molecular weight excluding hydrogens is 212 g/mol. The highest BCUT2D eigenvalue weighted by atomic mass is 16.5. The van der Waals surface area contributed by atoms with Crippen LogP contribution in [0.25, 0.3) is 0 Å². The van der Waals surface area contributed by atoms with E-state index in [0.717, 1.165) is 0 Å². The van der Waals surface area contributed by atoms with Gasteiger partial charge in [-0.05, 0) is 18.2 Å². The first kappa shape index (κ1) is 12.0. The SMILES string of the molecule is COC(=O)c1ccc(C(=O)OC)c(NN)c1. The van der Waals surface area contributed by atoms with Gasteiger partial charge in [0, 0.05) is 0 Å². The van der Waals surface area contributed by atoms with Crippen molar-refractivity contribution in [3.63, 3.8) is 0 Å². The Hall–Kier alpha value is -2.08. The number of nitrogens with two attached hydrogens (primary N) is 1. The lowest BCUT2D eigenvalue weighted by molar-refractivity contribution is 0.0587. The fourth-order valence-corrected chi connectivity index (χ4v) is 1.20. The second-order valence-electron chi connectivity index (χ2n) is 2.89. The second-order valence-corrected chi connectivity index (χ2v) is 2.89. The van der Waals surface area contributed by atoms with Gasteiger partial charge < -0.3 is 14.9 Å². The molecule has 1 aromatic carbocycles. The van der Waals surface area contributed by atoms with E-state index in [2.05, 4.69) is 14.9 Å². The monoisotopic (exact) mass is 224 g/mol. The molecule has 0 aliphatic rings. The average Bonchev–Trinajstić information content (AvgIpc) is 2.35. The third kappa shape index (κ3) is 2.29. The van der Waals surface area contributed by atoms with Crippen LogP contribution in [0.4, 0.5) is 5.69 Å². The molecule has 0 bridgehead atoms. The molecule has 16 heavy (non-hydrogen) atoms. The van der Waals surface area contributed by atoms with E-state index in [9.17, 15) is 9.59 Å². The number of methoxy groups -OCH3 is 2. The number of nitrogens with one attached hydrogen (secondary N) is 1. The lowest BCUT2D eigenvalue weighted by atomic mass is 10.1. The molecule has 0 radical (unpaired) electrons. The molecule has 0 amide bonds. The first-order valence-corrected chi connectivity index (χ1v) is 4.41. The Morgan fingerprint density at radius 3 is 2.31 bits per heavy atom. The van der Waals surface area contributed by atoms with Gasteiger partial charge in [0.1, 0.15) is 0 Å². The van der Waals surface area contributed by atoms with Crippen LogP contribution in [0.5, 0.6) is 0 Å². The molecule has 86 valence electrons. The lowest BCUT2D eigenvalue weighted by Gasteiger charge is -2.08. The van der Waals surface area contributed by atoms with Crippen molar-refractivity contribution in [3.8, 4) is 0 Å². The highest BCUT2D eigenvalue weighted by molar-refractivity contribution is 5.98. The number of benzene rings is 1. The van der Waals surface area contributed by atoms with Crippen LogP contribution in [0.2, 0.25) is 0 Å². The maximum absolute atomic E-state index is 11.3. The van der Waals surface area contributed by atoms with Crippen molar-refractivity contribution in [2.24, 2.45) is 5.84 Å². The molecule has 0 saturated carbocycles. The summed E-state index contributed by atoms with van der Waals surface area (Å²) in [5, 5.41) is 0. The van der Waals surface area contributed by atoms with E-state index in [-0.39, 0.29) is 5.56 Å². The Morgan fingerprint density at radius 2 is 1.81 bits per heavy atom. The summed E-state index contributed by atoms with van der Waals surface area (Å²) in [5.74, 6) is 4.20. The fraction of sp³-hybridized carbons (Fsp3) is 0.200. The molecule has 0 fully saturated rings. The minimum absolute atomic E-state index is 0.248. The van der Waals surface area contributed by atoms with Crippen molar-refractivity contribution in [3.05, 3.63) is 29.3 Å². The summed E-state index contributed by atoms with van der Waals surface area (Å²) >= 11 is 0. The van der Waals surface area contributed by atoms with Gasteiger partial charge in [0.2, 0.25) is 0 Å². The van der Waals surface area contributed by atoms with E-state index in [4.69, 9.17) is 5.84 Å². The summed E-state index contributed by atoms with van der Waals surface area (Å²) in [6, 6.07) is 4.31. The molecule has 3 N–H and O–H groups in total. The van der Waals surface area contributed by atoms with Gasteiger partial charge in [-0.1, -0.05) is 0 Å². The number of hydrogen-bond acceptors (Lipinski definition) is 6. The number of hydrazine groups is 1. The van der Waals surface area contributed by atoms with E-state index in [1.807, 2.05) is 0 Å². The highest BCUT2D eigenvalue weighted by Gasteiger charge is 2.14. The maximum atomic E-state index is 11.3. The predicted octanol–water partition coefficient (Wildman–Crippen LogP) is 0.545. The predicted molar refractivity (Wildman–Crippen MR) is 56.9 cm³/mol. The van der Waals surface area contributed by atoms with Gasteiger partial charge in [0.05, 0.1) is 31.0 Å². The van der Waals surface area contributed by atoms with Gasteiger partial charge >= 0.3 is 11.9 Å². The summed E-state index contributed by atoms with van der Waals surface area (Å²) in [6.07, 6.45) is 0. The van der Waals surface area contributed by atoms with E-state index >= 15 is 0 Å². The molecule has 0 aliphatic heterocycles. The van der Waals surface area contributed by atoms with Crippen LogP contribution in [0.15, 0.2) is 18.2 Å². The largest absolute Gasteiger partial charge is 0.465 e. The van der Waals surface area contributed by atoms with Crippen LogP contribution in [-0.2, 0) is 9.47 Å². The molecular formula is C10H12N2O4. The summed E-state index contributed by atoms with van der Waals surface area (Å²) in [6.45, 7) is 0. The van der Waals surface area contributed by atoms with Gasteiger partial charge in [0.15, 0.2) is 0 Å². The minimum atomic E-state index is -0.538. The Kier molecular flexibility index (Phi) is 3.84. The number of carbonyl (C=O) groups is 2. The first-order chi connectivity index (χ1) is 7.63. The van der Waals surface area contributed by atoms with E-state index in [1.54, 1.807) is 0 Å². The molecule has 1 rings (SSSR count). The number of esters is 2. The summed E-state index contributed by atoms with van der Waals surface area (Å²) in [7, 11) is 2.53. The summed E-state index contributed by atoms with van der Waals surface area (Å²) in [5.41, 5.74) is 3.16. The molecule has 0 spiro atoms. The van der Waals surface area contributed by atoms with Gasteiger partial charge in [-0.15, -0.1) is 0 Å². The fourth-order valence-electron chi connectivity index (χ4n) is 1.20. The van der Waals surface area contributed by atoms with Gasteiger partial charge in [-0.25, -0.2) is 9.59 Å². The highest BCUT2D eigenvalue weighted by Crippen LogP contribution is 2.18. The zero-order valence-corrected chi connectivity index (χ0v) is 8.94. The number of ether oxygens (including phenoxy) is 2. The number of anilines is 1. The molecule has 0 heterocycles. The zero-order chi connectivity index (χ0) is 12.1. The third-order valence-electron chi connectivity index (χ3n) is 2.00. The van der Waals surface area contributed by atoms with Crippen molar-refractivity contribution in [1.82, 2.24) is 0 Å². The molecule has 0 aromatic heterocycles. The van der Waals surface area contributed by atoms with Crippen LogP contribution < -0.4 is 11.3 Å².